The lowest BCUT2D eigenvalue weighted by atomic mass is 9.94. The number of ether oxygens (including phenoxy) is 5. The number of amides is 2. The predicted octanol–water partition coefficient (Wildman–Crippen LogP) is 3.60. The van der Waals surface area contributed by atoms with Crippen LogP contribution < -0.4 is 15.4 Å². The normalized spacial score (nSPS) is 11.5. The molecule has 0 heterocycles. The van der Waals surface area contributed by atoms with E-state index in [0.717, 1.165) is 32.1 Å². The third-order valence-electron chi connectivity index (χ3n) is 7.64. The highest BCUT2D eigenvalue weighted by molar-refractivity contribution is 5.87. The van der Waals surface area contributed by atoms with E-state index in [2.05, 4.69) is 10.6 Å². The molecule has 1 aromatic carbocycles. The van der Waals surface area contributed by atoms with Gasteiger partial charge >= 0.3 is 11.9 Å². The zero-order valence-electron chi connectivity index (χ0n) is 30.5. The number of aliphatic carboxylic acids is 1. The van der Waals surface area contributed by atoms with Crippen LogP contribution in [0.3, 0.4) is 0 Å². The van der Waals surface area contributed by atoms with Crippen molar-refractivity contribution in [3.8, 4) is 5.75 Å². The number of Topliss-reactive ketones (excluding diaryl/α,β-unsaturated/α-hetero) is 2. The predicted molar refractivity (Wildman–Crippen MR) is 190 cm³/mol. The van der Waals surface area contributed by atoms with Gasteiger partial charge in [0, 0.05) is 45.4 Å². The molecule has 0 bridgehead atoms. The first kappa shape index (κ1) is 46.1. The van der Waals surface area contributed by atoms with Crippen molar-refractivity contribution in [1.29, 1.82) is 0 Å². The number of carbonyl (C=O) groups is 6. The van der Waals surface area contributed by atoms with Gasteiger partial charge in [-0.05, 0) is 56.4 Å². The second-order valence-corrected chi connectivity index (χ2v) is 12.2. The molecule has 1 aromatic rings. The molecular formula is C37H58N2O13. The van der Waals surface area contributed by atoms with Crippen LogP contribution >= 0.6 is 0 Å². The molecule has 0 aliphatic rings. The summed E-state index contributed by atoms with van der Waals surface area (Å²) >= 11 is 0. The second-order valence-electron chi connectivity index (χ2n) is 12.2. The van der Waals surface area contributed by atoms with Crippen molar-refractivity contribution in [3.05, 3.63) is 29.8 Å². The largest absolute Gasteiger partial charge is 0.494 e. The van der Waals surface area contributed by atoms with Crippen molar-refractivity contribution in [3.63, 3.8) is 0 Å². The molecule has 1 rings (SSSR count). The summed E-state index contributed by atoms with van der Waals surface area (Å²) in [6.45, 7) is 5.03. The maximum absolute atomic E-state index is 12.4. The van der Waals surface area contributed by atoms with Crippen molar-refractivity contribution >= 4 is 35.3 Å². The van der Waals surface area contributed by atoms with Gasteiger partial charge in [0.15, 0.2) is 5.78 Å². The van der Waals surface area contributed by atoms with E-state index >= 15 is 0 Å². The van der Waals surface area contributed by atoms with Crippen LogP contribution in [0.5, 0.6) is 5.75 Å². The summed E-state index contributed by atoms with van der Waals surface area (Å²) < 4.78 is 26.9. The summed E-state index contributed by atoms with van der Waals surface area (Å²) in [7, 11) is 0. The first-order valence-electron chi connectivity index (χ1n) is 18.2. The Kier molecular flexibility index (Phi) is 27.2. The minimum atomic E-state index is -1.10. The van der Waals surface area contributed by atoms with Gasteiger partial charge in [-0.15, -0.1) is 0 Å². The zero-order valence-corrected chi connectivity index (χ0v) is 30.5. The molecule has 0 saturated carbocycles. The Morgan fingerprint density at radius 1 is 0.615 bits per heavy atom. The molecule has 52 heavy (non-hydrogen) atoms. The number of benzene rings is 1. The minimum Gasteiger partial charge on any atom is -0.494 e. The Labute approximate surface area is 306 Å². The summed E-state index contributed by atoms with van der Waals surface area (Å²) in [5.74, 6) is -3.05. The van der Waals surface area contributed by atoms with Crippen molar-refractivity contribution < 1.29 is 62.7 Å². The molecule has 4 N–H and O–H groups in total. The lowest BCUT2D eigenvalue weighted by Gasteiger charge is -2.12. The van der Waals surface area contributed by atoms with Gasteiger partial charge in [-0.2, -0.15) is 0 Å². The second kappa shape index (κ2) is 30.7. The molecule has 0 aromatic heterocycles. The molecule has 294 valence electrons. The smallest absolute Gasteiger partial charge is 0.335 e. The van der Waals surface area contributed by atoms with E-state index in [0.29, 0.717) is 64.4 Å². The fraction of sp³-hybridized carbons (Fsp3) is 0.676. The van der Waals surface area contributed by atoms with Crippen LogP contribution in [0, 0.1) is 5.92 Å². The van der Waals surface area contributed by atoms with Crippen LogP contribution in [0.4, 0.5) is 0 Å². The average molecular weight is 739 g/mol. The number of carboxylic acid groups (broad SMARTS) is 2. The summed E-state index contributed by atoms with van der Waals surface area (Å²) in [4.78, 5) is 70.4. The standard InChI is InChI=1S/C37H58N2O13/c1-2-17-38-35(43)28-51-25-22-48-19-8-10-32(41)27-50-24-23-49-21-18-39-34(42)16-13-30(37(46)47)26-31(40)9-6-4-3-5-7-20-52-33-14-11-29(12-15-33)36(44)45/h11-12,14-15,30H,2-10,13,16-28H2,1H3,(H,38,43)(H,39,42)(H,44,45)(H,46,47)/t30-/m1/s1. The highest BCUT2D eigenvalue weighted by Gasteiger charge is 2.22. The molecule has 15 nitrogen and oxygen atoms in total. The number of unbranched alkanes of at least 4 members (excludes halogenated alkanes) is 4. The average Bonchev–Trinajstić information content (AvgIpc) is 3.12. The Morgan fingerprint density at radius 2 is 1.23 bits per heavy atom. The van der Waals surface area contributed by atoms with Crippen molar-refractivity contribution in [1.82, 2.24) is 10.6 Å². The first-order valence-corrected chi connectivity index (χ1v) is 18.2. The molecular weight excluding hydrogens is 680 g/mol. The van der Waals surface area contributed by atoms with Gasteiger partial charge < -0.3 is 44.5 Å². The van der Waals surface area contributed by atoms with Crippen LogP contribution in [-0.2, 0) is 42.9 Å². The van der Waals surface area contributed by atoms with Crippen LogP contribution in [0.25, 0.3) is 0 Å². The van der Waals surface area contributed by atoms with Gasteiger partial charge in [0.1, 0.15) is 24.7 Å². The molecule has 1 atom stereocenters. The summed E-state index contributed by atoms with van der Waals surface area (Å²) in [5, 5.41) is 23.8. The Balaban J connectivity index is 1.97. The highest BCUT2D eigenvalue weighted by Crippen LogP contribution is 2.16. The van der Waals surface area contributed by atoms with E-state index in [1.807, 2.05) is 6.92 Å². The van der Waals surface area contributed by atoms with E-state index in [9.17, 15) is 33.9 Å². The number of nitrogens with one attached hydrogen (secondary N) is 2. The van der Waals surface area contributed by atoms with Crippen molar-refractivity contribution in [2.45, 2.75) is 84.0 Å². The summed E-state index contributed by atoms with van der Waals surface area (Å²) in [6, 6.07) is 6.23. The number of carbonyl (C=O) groups excluding carboxylic acids is 4. The first-order chi connectivity index (χ1) is 25.1. The van der Waals surface area contributed by atoms with Gasteiger partial charge in [-0.3, -0.25) is 24.0 Å². The van der Waals surface area contributed by atoms with Crippen LogP contribution in [0.15, 0.2) is 24.3 Å². The number of carboxylic acids is 2. The molecule has 15 heteroatoms. The fourth-order valence-electron chi connectivity index (χ4n) is 4.73. The molecule has 0 spiro atoms. The molecule has 2 amide bonds. The summed E-state index contributed by atoms with van der Waals surface area (Å²) in [5.41, 5.74) is 0.202. The molecule has 0 unspecified atom stereocenters. The van der Waals surface area contributed by atoms with Gasteiger partial charge in [0.25, 0.3) is 0 Å². The minimum absolute atomic E-state index is 0.00111. The van der Waals surface area contributed by atoms with Crippen LogP contribution in [0.2, 0.25) is 0 Å². The number of rotatable bonds is 35. The Morgan fingerprint density at radius 3 is 1.92 bits per heavy atom. The van der Waals surface area contributed by atoms with Crippen LogP contribution in [0.1, 0.15) is 94.3 Å². The van der Waals surface area contributed by atoms with Gasteiger partial charge in [-0.25, -0.2) is 4.79 Å². The molecule has 0 aliphatic carbocycles. The Hall–Kier alpha value is -3.92. The van der Waals surface area contributed by atoms with E-state index in [4.69, 9.17) is 28.8 Å². The highest BCUT2D eigenvalue weighted by atomic mass is 16.5. The van der Waals surface area contributed by atoms with E-state index < -0.39 is 17.9 Å². The number of aromatic carboxylic acids is 1. The molecule has 0 aliphatic heterocycles. The van der Waals surface area contributed by atoms with Crippen molar-refractivity contribution in [2.75, 3.05) is 72.6 Å². The van der Waals surface area contributed by atoms with E-state index in [-0.39, 0.29) is 87.8 Å². The maximum Gasteiger partial charge on any atom is 0.335 e. The van der Waals surface area contributed by atoms with Crippen LogP contribution in [-0.4, -0.2) is 118 Å². The summed E-state index contributed by atoms with van der Waals surface area (Å²) in [6.07, 6.45) is 6.12. The topological polar surface area (TPSA) is 213 Å². The number of ketones is 2. The lowest BCUT2D eigenvalue weighted by molar-refractivity contribution is -0.144. The Bertz CT molecular complexity index is 1180. The molecule has 0 saturated heterocycles. The molecule has 0 fully saturated rings. The monoisotopic (exact) mass is 738 g/mol. The van der Waals surface area contributed by atoms with Gasteiger partial charge in [0.2, 0.25) is 11.8 Å². The maximum atomic E-state index is 12.4. The zero-order chi connectivity index (χ0) is 38.2. The number of hydrogen-bond donors (Lipinski definition) is 4. The van der Waals surface area contributed by atoms with E-state index in [1.165, 1.54) is 12.1 Å². The third-order valence-corrected chi connectivity index (χ3v) is 7.64. The fourth-order valence-corrected chi connectivity index (χ4v) is 4.73. The van der Waals surface area contributed by atoms with E-state index in [1.54, 1.807) is 12.1 Å². The third kappa shape index (κ3) is 25.9. The lowest BCUT2D eigenvalue weighted by Crippen LogP contribution is -2.29. The number of hydrogen-bond acceptors (Lipinski definition) is 11. The SMILES string of the molecule is CCCNC(=O)COCCOCCCC(=O)COCCOCCNC(=O)CC[C@H](CC(=O)CCCCCCCOc1ccc(C(=O)O)cc1)C(=O)O. The van der Waals surface area contributed by atoms with Gasteiger partial charge in [0.05, 0.1) is 51.1 Å². The molecule has 0 radical (unpaired) electrons. The van der Waals surface area contributed by atoms with Crippen molar-refractivity contribution in [2.24, 2.45) is 5.92 Å². The quantitative estimate of drug-likeness (QED) is 0.0734. The van der Waals surface area contributed by atoms with Gasteiger partial charge in [-0.1, -0.05) is 26.2 Å².